The van der Waals surface area contributed by atoms with Crippen molar-refractivity contribution < 1.29 is 18.9 Å². The molecule has 3 aromatic carbocycles. The lowest BCUT2D eigenvalue weighted by Gasteiger charge is -2.28. The molecule has 0 heterocycles. The molecule has 176 valence electrons. The predicted octanol–water partition coefficient (Wildman–Crippen LogP) is 4.45. The van der Waals surface area contributed by atoms with Crippen molar-refractivity contribution in [2.45, 2.75) is 13.3 Å². The van der Waals surface area contributed by atoms with Crippen molar-refractivity contribution in [1.29, 1.82) is 0 Å². The summed E-state index contributed by atoms with van der Waals surface area (Å²) in [5, 5.41) is 4.07. The van der Waals surface area contributed by atoms with E-state index in [4.69, 9.17) is 18.9 Å². The smallest absolute Gasteiger partial charge is 0.162 e. The summed E-state index contributed by atoms with van der Waals surface area (Å²) in [6, 6.07) is 30.4. The predicted molar refractivity (Wildman–Crippen MR) is 139 cm³/mol. The lowest BCUT2D eigenvalue weighted by molar-refractivity contribution is 0.0180. The lowest BCUT2D eigenvalue weighted by Crippen LogP contribution is -2.34. The lowest BCUT2D eigenvalue weighted by atomic mass is 10.3. The first kappa shape index (κ1) is 25.4. The Kier molecular flexibility index (Phi) is 10.9. The third-order valence-electron chi connectivity index (χ3n) is 5.52. The molecular weight excluding hydrogens is 431 g/mol. The topological polar surface area (TPSA) is 36.9 Å². The largest absolute Gasteiger partial charge is 0.487 e. The number of para-hydroxylation sites is 1. The van der Waals surface area contributed by atoms with Gasteiger partial charge in [0, 0.05) is 7.11 Å². The molecule has 0 aliphatic rings. The van der Waals surface area contributed by atoms with Crippen molar-refractivity contribution in [2.75, 3.05) is 52.9 Å². The van der Waals surface area contributed by atoms with Crippen molar-refractivity contribution in [1.82, 2.24) is 0 Å². The quantitative estimate of drug-likeness (QED) is 0.245. The van der Waals surface area contributed by atoms with Gasteiger partial charge in [0.25, 0.3) is 0 Å². The van der Waals surface area contributed by atoms with Crippen LogP contribution in [0.5, 0.6) is 5.75 Å². The molecule has 0 spiro atoms. The maximum Gasteiger partial charge on any atom is 0.162 e. The van der Waals surface area contributed by atoms with Crippen LogP contribution in [0, 0.1) is 0 Å². The van der Waals surface area contributed by atoms with Crippen molar-refractivity contribution >= 4 is 23.2 Å². The molecule has 5 heteroatoms. The van der Waals surface area contributed by atoms with Crippen molar-refractivity contribution in [3.63, 3.8) is 0 Å². The molecule has 3 rings (SSSR count). The highest BCUT2D eigenvalue weighted by Gasteiger charge is 2.46. The third-order valence-corrected chi connectivity index (χ3v) is 10.2. The van der Waals surface area contributed by atoms with Gasteiger partial charge < -0.3 is 18.9 Å². The highest BCUT2D eigenvalue weighted by Crippen LogP contribution is 2.57. The molecule has 0 amide bonds. The number of benzene rings is 3. The van der Waals surface area contributed by atoms with Crippen LogP contribution in [0.15, 0.2) is 84.9 Å². The van der Waals surface area contributed by atoms with Crippen molar-refractivity contribution in [3.05, 3.63) is 84.9 Å². The van der Waals surface area contributed by atoms with Crippen LogP contribution >= 0.6 is 7.26 Å². The minimum absolute atomic E-state index is 0.505. The van der Waals surface area contributed by atoms with E-state index in [0.29, 0.717) is 39.6 Å². The molecule has 3 aromatic rings. The summed E-state index contributed by atoms with van der Waals surface area (Å²) in [4.78, 5) is 0. The Morgan fingerprint density at radius 3 is 1.70 bits per heavy atom. The first-order chi connectivity index (χ1) is 16.3. The zero-order valence-corrected chi connectivity index (χ0v) is 20.7. The number of ether oxygens (including phenoxy) is 4. The van der Waals surface area contributed by atoms with Crippen molar-refractivity contribution in [3.8, 4) is 5.75 Å². The zero-order chi connectivity index (χ0) is 23.2. The average molecular weight is 468 g/mol. The summed E-state index contributed by atoms with van der Waals surface area (Å²) >= 11 is 0. The second-order valence-corrected chi connectivity index (χ2v) is 11.3. The van der Waals surface area contributed by atoms with E-state index in [0.717, 1.165) is 18.3 Å². The van der Waals surface area contributed by atoms with Gasteiger partial charge in [-0.3, -0.25) is 0 Å². The molecule has 33 heavy (non-hydrogen) atoms. The second kappa shape index (κ2) is 14.1. The minimum atomic E-state index is -1.87. The van der Waals surface area contributed by atoms with Gasteiger partial charge in [-0.1, -0.05) is 55.5 Å². The molecule has 0 aromatic heterocycles. The summed E-state index contributed by atoms with van der Waals surface area (Å²) in [5.41, 5.74) is 0. The number of rotatable bonds is 15. The van der Waals surface area contributed by atoms with E-state index in [-0.39, 0.29) is 0 Å². The third kappa shape index (κ3) is 6.88. The Morgan fingerprint density at radius 1 is 0.606 bits per heavy atom. The SMILES string of the molecule is CCC[P+](c1ccccc1)(c1ccccc1)c1ccccc1OCCOCCOCCOC. The number of hydrogen-bond acceptors (Lipinski definition) is 4. The Morgan fingerprint density at radius 2 is 1.12 bits per heavy atom. The summed E-state index contributed by atoms with van der Waals surface area (Å²) in [5.74, 6) is 0.951. The summed E-state index contributed by atoms with van der Waals surface area (Å²) < 4.78 is 22.4. The molecule has 0 unspecified atom stereocenters. The van der Waals surface area contributed by atoms with Crippen LogP contribution in [0.1, 0.15) is 13.3 Å². The van der Waals surface area contributed by atoms with Gasteiger partial charge in [-0.2, -0.15) is 0 Å². The Balaban J connectivity index is 1.80. The van der Waals surface area contributed by atoms with E-state index in [1.807, 2.05) is 0 Å². The zero-order valence-electron chi connectivity index (χ0n) is 19.8. The Hall–Kier alpha value is -2.23. The van der Waals surface area contributed by atoms with E-state index in [2.05, 4.69) is 91.9 Å². The molecule has 0 saturated heterocycles. The molecular formula is C28H36O4P+. The standard InChI is InChI=1S/C28H36O4P/c1-3-24-33(25-12-6-4-7-13-25,26-14-8-5-9-15-26)28-17-11-10-16-27(28)32-23-22-31-21-20-30-19-18-29-2/h4-17H,3,18-24H2,1-2H3/q+1. The van der Waals surface area contributed by atoms with Gasteiger partial charge in [0.15, 0.2) is 5.75 Å². The van der Waals surface area contributed by atoms with E-state index in [1.54, 1.807) is 7.11 Å². The molecule has 0 bridgehead atoms. The van der Waals surface area contributed by atoms with Gasteiger partial charge >= 0.3 is 0 Å². The summed E-state index contributed by atoms with van der Waals surface area (Å²) in [6.07, 6.45) is 2.19. The fourth-order valence-electron chi connectivity index (χ4n) is 4.08. The molecule has 0 N–H and O–H groups in total. The first-order valence-corrected chi connectivity index (χ1v) is 13.7. The van der Waals surface area contributed by atoms with Gasteiger partial charge in [-0.05, 0) is 42.8 Å². The van der Waals surface area contributed by atoms with Crippen molar-refractivity contribution in [2.24, 2.45) is 0 Å². The molecule has 0 aliphatic carbocycles. The van der Waals surface area contributed by atoms with Gasteiger partial charge in [-0.25, -0.2) is 0 Å². The van der Waals surface area contributed by atoms with Crippen LogP contribution in [0.3, 0.4) is 0 Å². The van der Waals surface area contributed by atoms with Crippen LogP contribution in [0.25, 0.3) is 0 Å². The van der Waals surface area contributed by atoms with Crippen LogP contribution in [0.4, 0.5) is 0 Å². The second-order valence-electron chi connectivity index (χ2n) is 7.74. The maximum atomic E-state index is 6.32. The van der Waals surface area contributed by atoms with Crippen LogP contribution in [-0.4, -0.2) is 52.9 Å². The van der Waals surface area contributed by atoms with Crippen LogP contribution in [0.2, 0.25) is 0 Å². The van der Waals surface area contributed by atoms with Gasteiger partial charge in [-0.15, -0.1) is 0 Å². The fraction of sp³-hybridized carbons (Fsp3) is 0.357. The van der Waals surface area contributed by atoms with Gasteiger partial charge in [0.2, 0.25) is 0 Å². The highest BCUT2D eigenvalue weighted by molar-refractivity contribution is 7.95. The molecule has 0 radical (unpaired) electrons. The van der Waals surface area contributed by atoms with Crippen LogP contribution in [-0.2, 0) is 14.2 Å². The number of hydrogen-bond donors (Lipinski definition) is 0. The van der Waals surface area contributed by atoms with E-state index in [9.17, 15) is 0 Å². The van der Waals surface area contributed by atoms with E-state index >= 15 is 0 Å². The normalized spacial score (nSPS) is 11.5. The summed E-state index contributed by atoms with van der Waals surface area (Å²) in [7, 11) is -0.197. The minimum Gasteiger partial charge on any atom is -0.487 e. The van der Waals surface area contributed by atoms with E-state index in [1.165, 1.54) is 15.9 Å². The monoisotopic (exact) mass is 467 g/mol. The van der Waals surface area contributed by atoms with Gasteiger partial charge in [0.1, 0.15) is 29.8 Å². The average Bonchev–Trinajstić information content (AvgIpc) is 2.88. The molecule has 0 fully saturated rings. The highest BCUT2D eigenvalue weighted by atomic mass is 31.2. The first-order valence-electron chi connectivity index (χ1n) is 11.7. The Labute approximate surface area is 199 Å². The molecule has 0 saturated carbocycles. The van der Waals surface area contributed by atoms with Gasteiger partial charge in [0.05, 0.1) is 39.2 Å². The Bertz CT molecular complexity index is 878. The number of methoxy groups -OCH3 is 1. The molecule has 0 aliphatic heterocycles. The maximum absolute atomic E-state index is 6.32. The summed E-state index contributed by atoms with van der Waals surface area (Å²) in [6.45, 7) is 5.61. The fourth-order valence-corrected chi connectivity index (χ4v) is 8.58. The van der Waals surface area contributed by atoms with E-state index < -0.39 is 7.26 Å². The molecule has 4 nitrogen and oxygen atoms in total. The van der Waals surface area contributed by atoms with Crippen LogP contribution < -0.4 is 20.7 Å². The molecule has 0 atom stereocenters.